The summed E-state index contributed by atoms with van der Waals surface area (Å²) < 4.78 is 12.9. The van der Waals surface area contributed by atoms with Crippen LogP contribution >= 0.6 is 0 Å². The van der Waals surface area contributed by atoms with Gasteiger partial charge in [0.2, 0.25) is 0 Å². The van der Waals surface area contributed by atoms with Gasteiger partial charge < -0.3 is 19.4 Å². The van der Waals surface area contributed by atoms with Crippen molar-refractivity contribution >= 4 is 23.0 Å². The highest BCUT2D eigenvalue weighted by atomic mass is 16.6. The number of alkyl carbamates (subject to hydrolysis) is 1. The molecule has 1 N–H and O–H groups in total. The number of benzene rings is 2. The predicted molar refractivity (Wildman–Crippen MR) is 141 cm³/mol. The van der Waals surface area contributed by atoms with Crippen LogP contribution in [0.25, 0.3) is 22.2 Å². The van der Waals surface area contributed by atoms with Gasteiger partial charge in [0.15, 0.2) is 0 Å². The van der Waals surface area contributed by atoms with E-state index in [2.05, 4.69) is 40.2 Å². The van der Waals surface area contributed by atoms with Gasteiger partial charge in [0.05, 0.1) is 24.4 Å². The van der Waals surface area contributed by atoms with Crippen LogP contribution in [0.15, 0.2) is 42.5 Å². The van der Waals surface area contributed by atoms with Crippen LogP contribution in [0.3, 0.4) is 0 Å². The predicted octanol–water partition coefficient (Wildman–Crippen LogP) is 6.59. The molecule has 0 spiro atoms. The molecule has 190 valence electrons. The zero-order valence-electron chi connectivity index (χ0n) is 21.7. The van der Waals surface area contributed by atoms with E-state index in [1.54, 1.807) is 0 Å². The summed E-state index contributed by atoms with van der Waals surface area (Å²) in [4.78, 5) is 25.2. The molecule has 1 aliphatic carbocycles. The van der Waals surface area contributed by atoms with E-state index in [1.165, 1.54) is 67.0 Å². The second-order valence-electron chi connectivity index (χ2n) is 11.1. The maximum Gasteiger partial charge on any atom is 0.407 e. The number of fused-ring (bicyclic) bond motifs is 5. The van der Waals surface area contributed by atoms with Gasteiger partial charge in [-0.2, -0.15) is 0 Å². The average molecular weight is 489 g/mol. The number of esters is 1. The third kappa shape index (κ3) is 4.73. The molecule has 2 aliphatic rings. The van der Waals surface area contributed by atoms with Gasteiger partial charge in [-0.1, -0.05) is 49.6 Å². The summed E-state index contributed by atoms with van der Waals surface area (Å²) in [6.07, 6.45) is 6.41. The van der Waals surface area contributed by atoms with Crippen LogP contribution in [-0.4, -0.2) is 35.4 Å². The summed E-state index contributed by atoms with van der Waals surface area (Å²) >= 11 is 0. The first kappa shape index (κ1) is 24.4. The average Bonchev–Trinajstić information content (AvgIpc) is 3.06. The van der Waals surface area contributed by atoms with Crippen LogP contribution in [0.1, 0.15) is 80.3 Å². The van der Waals surface area contributed by atoms with Crippen LogP contribution in [0, 0.1) is 0 Å². The van der Waals surface area contributed by atoms with E-state index < -0.39 is 11.7 Å². The summed E-state index contributed by atoms with van der Waals surface area (Å²) in [5, 5.41) is 4.32. The first-order valence-corrected chi connectivity index (χ1v) is 13.1. The number of ether oxygens (including phenoxy) is 2. The molecule has 0 bridgehead atoms. The van der Waals surface area contributed by atoms with Gasteiger partial charge in [-0.15, -0.1) is 0 Å². The number of hydrogen-bond acceptors (Lipinski definition) is 4. The van der Waals surface area contributed by atoms with Crippen molar-refractivity contribution in [2.24, 2.45) is 0 Å². The molecule has 1 atom stereocenters. The molecule has 1 aromatic heterocycles. The van der Waals surface area contributed by atoms with Gasteiger partial charge >= 0.3 is 12.1 Å². The number of rotatable bonds is 3. The van der Waals surface area contributed by atoms with Gasteiger partial charge in [-0.3, -0.25) is 0 Å². The summed E-state index contributed by atoms with van der Waals surface area (Å²) in [6.45, 7) is 6.21. The third-order valence-electron chi connectivity index (χ3n) is 7.40. The first-order valence-electron chi connectivity index (χ1n) is 13.1. The highest BCUT2D eigenvalue weighted by Gasteiger charge is 2.32. The third-order valence-corrected chi connectivity index (χ3v) is 7.40. The second kappa shape index (κ2) is 9.64. The molecule has 0 radical (unpaired) electrons. The minimum Gasteiger partial charge on any atom is -0.465 e. The zero-order chi connectivity index (χ0) is 25.4. The number of amides is 1. The first-order chi connectivity index (χ1) is 17.2. The van der Waals surface area contributed by atoms with Gasteiger partial charge in [0, 0.05) is 23.0 Å². The van der Waals surface area contributed by atoms with Gasteiger partial charge in [-0.25, -0.2) is 9.59 Å². The maximum absolute atomic E-state index is 12.8. The number of carbonyl (C=O) groups excluding carboxylic acids is 2. The fraction of sp³-hybridized carbons (Fsp3) is 0.467. The molecule has 36 heavy (non-hydrogen) atoms. The molecule has 1 aliphatic heterocycles. The highest BCUT2D eigenvalue weighted by Crippen LogP contribution is 2.46. The molecule has 0 saturated heterocycles. The number of methoxy groups -OCH3 is 1. The highest BCUT2D eigenvalue weighted by molar-refractivity contribution is 5.99. The molecule has 1 unspecified atom stereocenters. The minimum absolute atomic E-state index is 0.154. The number of carbonyl (C=O) groups is 2. The standard InChI is InChI=1S/C30H36N2O4/c1-30(2,3)36-29(34)31-22-16-20-12-8-9-13-23(20)27-26(19-10-6-5-7-11-19)24-15-14-21(28(33)35-4)17-25(24)32(27)18-22/h8-9,12-15,17,19,22H,5-7,10-11,16,18H2,1-4H3,(H,31,34). The molecule has 2 aromatic carbocycles. The fourth-order valence-electron chi connectivity index (χ4n) is 5.96. The van der Waals surface area contributed by atoms with Crippen molar-refractivity contribution in [3.63, 3.8) is 0 Å². The lowest BCUT2D eigenvalue weighted by atomic mass is 9.81. The van der Waals surface area contributed by atoms with E-state index in [-0.39, 0.29) is 12.0 Å². The van der Waals surface area contributed by atoms with Crippen molar-refractivity contribution < 1.29 is 19.1 Å². The Hall–Kier alpha value is -3.28. The monoisotopic (exact) mass is 488 g/mol. The van der Waals surface area contributed by atoms with Crippen LogP contribution in [0.2, 0.25) is 0 Å². The number of nitrogens with zero attached hydrogens (tertiary/aromatic N) is 1. The van der Waals surface area contributed by atoms with Crippen molar-refractivity contribution in [2.45, 2.75) is 83.4 Å². The number of nitrogens with one attached hydrogen (secondary N) is 1. The Kier molecular flexibility index (Phi) is 6.54. The van der Waals surface area contributed by atoms with Crippen LogP contribution < -0.4 is 5.32 Å². The van der Waals surface area contributed by atoms with Crippen molar-refractivity contribution in [2.75, 3.05) is 7.11 Å². The Balaban J connectivity index is 1.69. The van der Waals surface area contributed by atoms with E-state index in [1.807, 2.05) is 32.9 Å². The Morgan fingerprint density at radius 1 is 1.03 bits per heavy atom. The van der Waals surface area contributed by atoms with Crippen molar-refractivity contribution in [3.05, 3.63) is 59.2 Å². The molecular weight excluding hydrogens is 452 g/mol. The Bertz CT molecular complexity index is 1290. The Labute approximate surface area is 213 Å². The fourth-order valence-corrected chi connectivity index (χ4v) is 5.96. The maximum atomic E-state index is 12.8. The smallest absolute Gasteiger partial charge is 0.407 e. The topological polar surface area (TPSA) is 69.6 Å². The lowest BCUT2D eigenvalue weighted by Gasteiger charge is -2.24. The molecule has 6 nitrogen and oxygen atoms in total. The van der Waals surface area contributed by atoms with E-state index in [9.17, 15) is 9.59 Å². The normalized spacial score (nSPS) is 18.2. The number of hydrogen-bond donors (Lipinski definition) is 1. The van der Waals surface area contributed by atoms with E-state index in [0.29, 0.717) is 24.4 Å². The molecule has 5 rings (SSSR count). The van der Waals surface area contributed by atoms with Crippen LogP contribution in [0.4, 0.5) is 4.79 Å². The molecule has 6 heteroatoms. The van der Waals surface area contributed by atoms with Crippen LogP contribution in [0.5, 0.6) is 0 Å². The number of aromatic nitrogens is 1. The summed E-state index contributed by atoms with van der Waals surface area (Å²) in [5.74, 6) is 0.133. The quantitative estimate of drug-likeness (QED) is 0.422. The Morgan fingerprint density at radius 3 is 2.50 bits per heavy atom. The van der Waals surface area contributed by atoms with Crippen molar-refractivity contribution in [1.29, 1.82) is 0 Å². The Morgan fingerprint density at radius 2 is 1.78 bits per heavy atom. The molecule has 2 heterocycles. The van der Waals surface area contributed by atoms with E-state index in [4.69, 9.17) is 9.47 Å². The molecule has 3 aromatic rings. The SMILES string of the molecule is COC(=O)c1ccc2c(C3CCCCC3)c3n(c2c1)CC(NC(=O)OC(C)(C)C)Cc1ccccc1-3. The zero-order valence-corrected chi connectivity index (χ0v) is 21.7. The molecule has 1 saturated carbocycles. The lowest BCUT2D eigenvalue weighted by molar-refractivity contribution is 0.0499. The molecular formula is C30H36N2O4. The van der Waals surface area contributed by atoms with E-state index in [0.717, 1.165) is 5.52 Å². The summed E-state index contributed by atoms with van der Waals surface area (Å²) in [6, 6.07) is 14.3. The van der Waals surface area contributed by atoms with E-state index >= 15 is 0 Å². The van der Waals surface area contributed by atoms with Crippen LogP contribution in [-0.2, 0) is 22.4 Å². The lowest BCUT2D eigenvalue weighted by Crippen LogP contribution is -2.42. The second-order valence-corrected chi connectivity index (χ2v) is 11.1. The molecule has 1 fully saturated rings. The van der Waals surface area contributed by atoms with Crippen molar-refractivity contribution in [3.8, 4) is 11.3 Å². The summed E-state index contributed by atoms with van der Waals surface area (Å²) in [5.41, 5.74) is 6.01. The molecule has 1 amide bonds. The minimum atomic E-state index is -0.568. The van der Waals surface area contributed by atoms with Crippen molar-refractivity contribution in [1.82, 2.24) is 9.88 Å². The summed E-state index contributed by atoms with van der Waals surface area (Å²) in [7, 11) is 1.41. The van der Waals surface area contributed by atoms with Gasteiger partial charge in [-0.05, 0) is 69.2 Å². The largest absolute Gasteiger partial charge is 0.465 e. The van der Waals surface area contributed by atoms with Gasteiger partial charge in [0.25, 0.3) is 0 Å². The van der Waals surface area contributed by atoms with Gasteiger partial charge in [0.1, 0.15) is 5.60 Å².